The van der Waals surface area contributed by atoms with Crippen LogP contribution in [-0.2, 0) is 6.42 Å². The van der Waals surface area contributed by atoms with E-state index in [9.17, 15) is 0 Å². The molecule has 0 spiro atoms. The van der Waals surface area contributed by atoms with Crippen molar-refractivity contribution in [1.29, 1.82) is 0 Å². The molecular formula is C61H48N2. The zero-order chi connectivity index (χ0) is 42.6. The van der Waals surface area contributed by atoms with Gasteiger partial charge in [0.05, 0.1) is 5.70 Å². The average Bonchev–Trinajstić information content (AvgIpc) is 3.36. The van der Waals surface area contributed by atoms with Gasteiger partial charge in [0.1, 0.15) is 0 Å². The third kappa shape index (κ3) is 9.60. The van der Waals surface area contributed by atoms with Crippen molar-refractivity contribution in [3.8, 4) is 45.7 Å². The summed E-state index contributed by atoms with van der Waals surface area (Å²) < 4.78 is 0. The normalized spacial score (nSPS) is 12.4. The maximum Gasteiger partial charge on any atom is 0.0541 e. The van der Waals surface area contributed by atoms with Crippen molar-refractivity contribution in [2.45, 2.75) is 19.3 Å². The summed E-state index contributed by atoms with van der Waals surface area (Å²) in [4.78, 5) is 4.53. The molecule has 0 atom stereocenters. The van der Waals surface area contributed by atoms with Crippen molar-refractivity contribution in [2.24, 2.45) is 0 Å². The van der Waals surface area contributed by atoms with Gasteiger partial charge in [-0.25, -0.2) is 0 Å². The van der Waals surface area contributed by atoms with E-state index in [0.717, 1.165) is 53.4 Å². The van der Waals surface area contributed by atoms with Gasteiger partial charge in [-0.3, -0.25) is 0 Å². The molecule has 0 bridgehead atoms. The number of hydrogen-bond acceptors (Lipinski definition) is 2. The van der Waals surface area contributed by atoms with E-state index in [0.29, 0.717) is 0 Å². The Labute approximate surface area is 372 Å². The molecule has 2 nitrogen and oxygen atoms in total. The van der Waals surface area contributed by atoms with Crippen LogP contribution in [0.5, 0.6) is 0 Å². The van der Waals surface area contributed by atoms with E-state index in [2.05, 4.69) is 252 Å². The van der Waals surface area contributed by atoms with E-state index in [4.69, 9.17) is 6.42 Å². The van der Waals surface area contributed by atoms with Gasteiger partial charge in [0, 0.05) is 34.5 Å². The van der Waals surface area contributed by atoms with Crippen LogP contribution < -0.4 is 9.80 Å². The van der Waals surface area contributed by atoms with Gasteiger partial charge in [-0.2, -0.15) is 0 Å². The first-order valence-electron chi connectivity index (χ1n) is 21.7. The molecule has 0 aromatic heterocycles. The number of para-hydroxylation sites is 2. The van der Waals surface area contributed by atoms with Gasteiger partial charge in [-0.05, 0) is 136 Å². The van der Waals surface area contributed by atoms with E-state index in [-0.39, 0.29) is 0 Å². The second-order valence-corrected chi connectivity index (χ2v) is 15.6. The van der Waals surface area contributed by atoms with Gasteiger partial charge in [-0.1, -0.05) is 182 Å². The largest absolute Gasteiger partial charge is 0.311 e. The quantitative estimate of drug-likeness (QED) is 0.0846. The smallest absolute Gasteiger partial charge is 0.0541 e. The van der Waals surface area contributed by atoms with Crippen molar-refractivity contribution in [3.05, 3.63) is 266 Å². The third-order valence-electron chi connectivity index (χ3n) is 11.5. The zero-order valence-corrected chi connectivity index (χ0v) is 35.3. The van der Waals surface area contributed by atoms with E-state index < -0.39 is 0 Å². The Balaban J connectivity index is 0.903. The molecule has 8 aromatic rings. The lowest BCUT2D eigenvalue weighted by atomic mass is 9.98. The average molecular weight is 809 g/mol. The lowest BCUT2D eigenvalue weighted by Crippen LogP contribution is -2.15. The maximum absolute atomic E-state index is 5.94. The highest BCUT2D eigenvalue weighted by Gasteiger charge is 2.15. The van der Waals surface area contributed by atoms with E-state index >= 15 is 0 Å². The number of anilines is 5. The number of rotatable bonds is 13. The van der Waals surface area contributed by atoms with Crippen LogP contribution in [0.25, 0.3) is 39.0 Å². The summed E-state index contributed by atoms with van der Waals surface area (Å²) in [5, 5.41) is 0. The molecule has 0 saturated heterocycles. The van der Waals surface area contributed by atoms with Crippen LogP contribution in [0.4, 0.5) is 28.4 Å². The molecule has 2 heteroatoms. The van der Waals surface area contributed by atoms with E-state index in [1.165, 1.54) is 50.1 Å². The lowest BCUT2D eigenvalue weighted by molar-refractivity contribution is 1.04. The predicted molar refractivity (Wildman–Crippen MR) is 269 cm³/mol. The van der Waals surface area contributed by atoms with E-state index in [1.807, 2.05) is 12.1 Å². The van der Waals surface area contributed by atoms with Crippen LogP contribution in [-0.4, -0.2) is 0 Å². The minimum Gasteiger partial charge on any atom is -0.311 e. The molecule has 9 rings (SSSR count). The molecule has 1 aliphatic carbocycles. The summed E-state index contributed by atoms with van der Waals surface area (Å²) >= 11 is 0. The fraction of sp³-hybridized carbons (Fsp3) is 0.0492. The molecule has 0 saturated carbocycles. The molecular weight excluding hydrogens is 761 g/mol. The monoisotopic (exact) mass is 808 g/mol. The first kappa shape index (κ1) is 40.3. The van der Waals surface area contributed by atoms with Crippen LogP contribution in [0.1, 0.15) is 24.0 Å². The van der Waals surface area contributed by atoms with Gasteiger partial charge in [0.2, 0.25) is 0 Å². The molecule has 0 N–H and O–H groups in total. The summed E-state index contributed by atoms with van der Waals surface area (Å²) in [6, 6.07) is 75.6. The molecule has 1 aliphatic rings. The number of nitrogens with zero attached hydrogens (tertiary/aromatic N) is 2. The molecule has 0 unspecified atom stereocenters. The van der Waals surface area contributed by atoms with Gasteiger partial charge in [0.25, 0.3) is 0 Å². The standard InChI is InChI=1S/C61H48N2/c1-2-17-56(62(57-25-11-5-12-26-57)59-40-34-51(35-41-59)48-20-7-3-8-21-48)29-16-19-47-18-15-24-55(46-47)54-32-30-50(31-33-54)53-38-44-61(45-39-53)63(58-27-13-6-14-28-58)60-42-36-52(37-43-60)49-22-9-4-10-23-49/h1,4-7,9-18,20-46H,3,8,19H2/b29-16-,56-17+. The first-order valence-corrected chi connectivity index (χ1v) is 21.7. The maximum atomic E-state index is 5.94. The highest BCUT2D eigenvalue weighted by molar-refractivity contribution is 5.81. The molecule has 8 aromatic carbocycles. The van der Waals surface area contributed by atoms with Gasteiger partial charge in [-0.15, -0.1) is 6.42 Å². The predicted octanol–water partition coefficient (Wildman–Crippen LogP) is 16.3. The third-order valence-corrected chi connectivity index (χ3v) is 11.5. The van der Waals surface area contributed by atoms with Crippen LogP contribution in [0, 0.1) is 12.3 Å². The van der Waals surface area contributed by atoms with Crippen molar-refractivity contribution < 1.29 is 0 Å². The Hall–Kier alpha value is -8.12. The number of allylic oxidation sites excluding steroid dienone is 7. The van der Waals surface area contributed by atoms with Crippen LogP contribution in [0.15, 0.2) is 254 Å². The Morgan fingerprint density at radius 3 is 1.49 bits per heavy atom. The highest BCUT2D eigenvalue weighted by atomic mass is 15.1. The van der Waals surface area contributed by atoms with Crippen molar-refractivity contribution in [3.63, 3.8) is 0 Å². The topological polar surface area (TPSA) is 6.48 Å². The van der Waals surface area contributed by atoms with Crippen LogP contribution >= 0.6 is 0 Å². The first-order chi connectivity index (χ1) is 31.2. The minimum atomic E-state index is 0.763. The SMILES string of the molecule is C#C/C=C(\C=C/Cc1cccc(-c2ccc(-c3ccc(N(c4ccccc4)c4ccc(-c5ccccc5)cc4)cc3)cc2)c1)N(c1ccccc1)c1ccc(C2=CCCC=C2)cc1. The second-order valence-electron chi connectivity index (χ2n) is 15.6. The fourth-order valence-electron chi connectivity index (χ4n) is 8.24. The number of hydrogen-bond donors (Lipinski definition) is 0. The summed E-state index contributed by atoms with van der Waals surface area (Å²) in [7, 11) is 0. The summed E-state index contributed by atoms with van der Waals surface area (Å²) in [6.07, 6.45) is 21.9. The summed E-state index contributed by atoms with van der Waals surface area (Å²) in [5.74, 6) is 2.80. The van der Waals surface area contributed by atoms with Crippen molar-refractivity contribution in [1.82, 2.24) is 0 Å². The van der Waals surface area contributed by atoms with Crippen LogP contribution in [0.2, 0.25) is 0 Å². The Bertz CT molecular complexity index is 2910. The zero-order valence-electron chi connectivity index (χ0n) is 35.3. The van der Waals surface area contributed by atoms with Gasteiger partial charge in [0.15, 0.2) is 0 Å². The Morgan fingerprint density at radius 2 is 0.921 bits per heavy atom. The van der Waals surface area contributed by atoms with Crippen molar-refractivity contribution >= 4 is 34.0 Å². The fourth-order valence-corrected chi connectivity index (χ4v) is 8.24. The molecule has 0 aliphatic heterocycles. The number of benzene rings is 8. The summed E-state index contributed by atoms with van der Waals surface area (Å²) in [5.41, 5.74) is 17.2. The second kappa shape index (κ2) is 19.5. The lowest BCUT2D eigenvalue weighted by Gasteiger charge is -2.26. The molecule has 302 valence electrons. The van der Waals surface area contributed by atoms with Gasteiger partial charge >= 0.3 is 0 Å². The molecule has 0 amide bonds. The Morgan fingerprint density at radius 1 is 0.460 bits per heavy atom. The molecule has 0 radical (unpaired) electrons. The summed E-state index contributed by atoms with van der Waals surface area (Å²) in [6.45, 7) is 0. The van der Waals surface area contributed by atoms with Crippen molar-refractivity contribution in [2.75, 3.05) is 9.80 Å². The Kier molecular flexibility index (Phi) is 12.5. The minimum absolute atomic E-state index is 0.763. The molecule has 63 heavy (non-hydrogen) atoms. The highest BCUT2D eigenvalue weighted by Crippen LogP contribution is 2.37. The van der Waals surface area contributed by atoms with E-state index in [1.54, 1.807) is 0 Å². The molecule has 0 heterocycles. The van der Waals surface area contributed by atoms with Gasteiger partial charge < -0.3 is 9.80 Å². The molecule has 0 fully saturated rings. The number of terminal acetylenes is 1. The van der Waals surface area contributed by atoms with Crippen LogP contribution in [0.3, 0.4) is 0 Å².